The van der Waals surface area contributed by atoms with Gasteiger partial charge in [-0.15, -0.1) is 0 Å². The standard InChI is InChI=1S/C14H20N2O3/c1-10(13(17)15(2)3)16(4)9-11-5-7-12(8-6-11)14(18)19/h5-8,10H,9H2,1-4H3,(H,18,19). The van der Waals surface area contributed by atoms with E-state index in [0.717, 1.165) is 5.56 Å². The SMILES string of the molecule is CC(C(=O)N(C)C)N(C)Cc1ccc(C(=O)O)cc1. The second-order valence-electron chi connectivity index (χ2n) is 4.83. The molecule has 104 valence electrons. The van der Waals surface area contributed by atoms with Crippen LogP contribution in [0.2, 0.25) is 0 Å². The number of amides is 1. The van der Waals surface area contributed by atoms with Gasteiger partial charge in [0, 0.05) is 20.6 Å². The van der Waals surface area contributed by atoms with Crippen molar-refractivity contribution in [3.8, 4) is 0 Å². The summed E-state index contributed by atoms with van der Waals surface area (Å²) in [5, 5.41) is 8.82. The Kier molecular flexibility index (Phi) is 5.06. The van der Waals surface area contributed by atoms with Gasteiger partial charge in [0.15, 0.2) is 0 Å². The Bertz CT molecular complexity index is 454. The van der Waals surface area contributed by atoms with Crippen molar-refractivity contribution in [3.05, 3.63) is 35.4 Å². The van der Waals surface area contributed by atoms with Crippen molar-refractivity contribution in [1.82, 2.24) is 9.80 Å². The van der Waals surface area contributed by atoms with Crippen molar-refractivity contribution >= 4 is 11.9 Å². The molecule has 0 aliphatic carbocycles. The number of benzene rings is 1. The van der Waals surface area contributed by atoms with Crippen LogP contribution in [0.3, 0.4) is 0 Å². The van der Waals surface area contributed by atoms with Crippen LogP contribution in [0, 0.1) is 0 Å². The van der Waals surface area contributed by atoms with E-state index in [1.165, 1.54) is 0 Å². The first-order chi connectivity index (χ1) is 8.82. The maximum absolute atomic E-state index is 11.8. The number of carboxylic acids is 1. The molecule has 1 rings (SSSR count). The highest BCUT2D eigenvalue weighted by molar-refractivity contribution is 5.87. The highest BCUT2D eigenvalue weighted by Crippen LogP contribution is 2.09. The van der Waals surface area contributed by atoms with Gasteiger partial charge in [-0.3, -0.25) is 9.69 Å². The van der Waals surface area contributed by atoms with Crippen molar-refractivity contribution in [3.63, 3.8) is 0 Å². The zero-order valence-corrected chi connectivity index (χ0v) is 11.8. The number of aromatic carboxylic acids is 1. The quantitative estimate of drug-likeness (QED) is 0.870. The number of carbonyl (C=O) groups excluding carboxylic acids is 1. The van der Waals surface area contributed by atoms with Gasteiger partial charge in [-0.25, -0.2) is 4.79 Å². The van der Waals surface area contributed by atoms with Gasteiger partial charge in [0.1, 0.15) is 0 Å². The molecular formula is C14H20N2O3. The van der Waals surface area contributed by atoms with Crippen LogP contribution >= 0.6 is 0 Å². The van der Waals surface area contributed by atoms with Crippen LogP contribution in [-0.2, 0) is 11.3 Å². The lowest BCUT2D eigenvalue weighted by Crippen LogP contribution is -2.42. The summed E-state index contributed by atoms with van der Waals surface area (Å²) in [5.74, 6) is -0.888. The summed E-state index contributed by atoms with van der Waals surface area (Å²) in [6.45, 7) is 2.45. The Labute approximate surface area is 113 Å². The van der Waals surface area contributed by atoms with Crippen LogP contribution in [-0.4, -0.2) is 54.0 Å². The van der Waals surface area contributed by atoms with Crippen LogP contribution in [0.4, 0.5) is 0 Å². The molecule has 1 atom stereocenters. The van der Waals surface area contributed by atoms with Crippen LogP contribution in [0.15, 0.2) is 24.3 Å². The van der Waals surface area contributed by atoms with Gasteiger partial charge in [-0.05, 0) is 31.7 Å². The Balaban J connectivity index is 2.69. The smallest absolute Gasteiger partial charge is 0.335 e. The second kappa shape index (κ2) is 6.33. The third-order valence-electron chi connectivity index (χ3n) is 3.09. The summed E-state index contributed by atoms with van der Waals surface area (Å²) in [5.41, 5.74) is 1.25. The molecule has 1 aromatic carbocycles. The summed E-state index contributed by atoms with van der Waals surface area (Å²) in [4.78, 5) is 26.1. The molecule has 0 bridgehead atoms. The number of rotatable bonds is 5. The van der Waals surface area contributed by atoms with Gasteiger partial charge in [-0.1, -0.05) is 12.1 Å². The highest BCUT2D eigenvalue weighted by Gasteiger charge is 2.19. The third-order valence-corrected chi connectivity index (χ3v) is 3.09. The van der Waals surface area contributed by atoms with Crippen LogP contribution in [0.25, 0.3) is 0 Å². The molecule has 0 heterocycles. The summed E-state index contributed by atoms with van der Waals surface area (Å²) in [6, 6.07) is 6.47. The Morgan fingerprint density at radius 2 is 1.68 bits per heavy atom. The first-order valence-electron chi connectivity index (χ1n) is 6.06. The maximum Gasteiger partial charge on any atom is 0.335 e. The van der Waals surface area contributed by atoms with E-state index >= 15 is 0 Å². The summed E-state index contributed by atoms with van der Waals surface area (Å²) in [7, 11) is 5.33. The fourth-order valence-corrected chi connectivity index (χ4v) is 1.74. The van der Waals surface area contributed by atoms with Crippen molar-refractivity contribution in [1.29, 1.82) is 0 Å². The van der Waals surface area contributed by atoms with Gasteiger partial charge in [-0.2, -0.15) is 0 Å². The molecule has 1 unspecified atom stereocenters. The van der Waals surface area contributed by atoms with Gasteiger partial charge >= 0.3 is 5.97 Å². The third kappa shape index (κ3) is 4.06. The van der Waals surface area contributed by atoms with Crippen LogP contribution in [0.5, 0.6) is 0 Å². The molecule has 1 N–H and O–H groups in total. The lowest BCUT2D eigenvalue weighted by molar-refractivity contribution is -0.133. The first-order valence-corrected chi connectivity index (χ1v) is 6.06. The minimum absolute atomic E-state index is 0.0460. The van der Waals surface area contributed by atoms with Crippen LogP contribution in [0.1, 0.15) is 22.8 Å². The van der Waals surface area contributed by atoms with Gasteiger partial charge < -0.3 is 10.0 Å². The molecule has 0 aliphatic heterocycles. The zero-order valence-electron chi connectivity index (χ0n) is 11.8. The lowest BCUT2D eigenvalue weighted by Gasteiger charge is -2.26. The molecule has 5 nitrogen and oxygen atoms in total. The van der Waals surface area contributed by atoms with E-state index in [1.807, 2.05) is 18.9 Å². The van der Waals surface area contributed by atoms with Crippen molar-refractivity contribution in [2.24, 2.45) is 0 Å². The summed E-state index contributed by atoms with van der Waals surface area (Å²) < 4.78 is 0. The predicted octanol–water partition coefficient (Wildman–Crippen LogP) is 1.29. The summed E-state index contributed by atoms with van der Waals surface area (Å²) in [6.07, 6.45) is 0. The van der Waals surface area contributed by atoms with Crippen molar-refractivity contribution in [2.45, 2.75) is 19.5 Å². The molecule has 1 amide bonds. The fraction of sp³-hybridized carbons (Fsp3) is 0.429. The van der Waals surface area contributed by atoms with E-state index in [4.69, 9.17) is 5.11 Å². The average Bonchev–Trinajstić information content (AvgIpc) is 2.37. The molecule has 0 saturated carbocycles. The van der Waals surface area contributed by atoms with Crippen LogP contribution < -0.4 is 0 Å². The molecule has 0 aromatic heterocycles. The minimum Gasteiger partial charge on any atom is -0.478 e. The number of carboxylic acid groups (broad SMARTS) is 1. The van der Waals surface area contributed by atoms with Crippen molar-refractivity contribution in [2.75, 3.05) is 21.1 Å². The van der Waals surface area contributed by atoms with Gasteiger partial charge in [0.2, 0.25) is 5.91 Å². The average molecular weight is 264 g/mol. The molecule has 19 heavy (non-hydrogen) atoms. The molecule has 0 aliphatic rings. The molecule has 0 saturated heterocycles. The normalized spacial score (nSPS) is 12.3. The topological polar surface area (TPSA) is 60.9 Å². The summed E-state index contributed by atoms with van der Waals surface area (Å²) >= 11 is 0. The Morgan fingerprint density at radius 3 is 2.11 bits per heavy atom. The van der Waals surface area contributed by atoms with E-state index in [1.54, 1.807) is 43.3 Å². The Hall–Kier alpha value is -1.88. The number of hydrogen-bond acceptors (Lipinski definition) is 3. The highest BCUT2D eigenvalue weighted by atomic mass is 16.4. The lowest BCUT2D eigenvalue weighted by atomic mass is 10.1. The largest absolute Gasteiger partial charge is 0.478 e. The van der Waals surface area contributed by atoms with E-state index in [9.17, 15) is 9.59 Å². The first kappa shape index (κ1) is 15.2. The van der Waals surface area contributed by atoms with Gasteiger partial charge in [0.05, 0.1) is 11.6 Å². The molecule has 1 aromatic rings. The maximum atomic E-state index is 11.8. The molecular weight excluding hydrogens is 244 g/mol. The second-order valence-corrected chi connectivity index (χ2v) is 4.83. The minimum atomic E-state index is -0.934. The monoisotopic (exact) mass is 264 g/mol. The predicted molar refractivity (Wildman–Crippen MR) is 73.0 cm³/mol. The fourth-order valence-electron chi connectivity index (χ4n) is 1.74. The molecule has 0 spiro atoms. The number of likely N-dealkylation sites (N-methyl/N-ethyl adjacent to an activating group) is 2. The Morgan fingerprint density at radius 1 is 1.16 bits per heavy atom. The molecule has 0 radical (unpaired) electrons. The molecule has 0 fully saturated rings. The zero-order chi connectivity index (χ0) is 14.6. The molecule has 5 heteroatoms. The van der Waals surface area contributed by atoms with E-state index in [2.05, 4.69) is 0 Å². The number of carbonyl (C=O) groups is 2. The number of hydrogen-bond donors (Lipinski definition) is 1. The number of nitrogens with zero attached hydrogens (tertiary/aromatic N) is 2. The van der Waals surface area contributed by atoms with E-state index < -0.39 is 5.97 Å². The van der Waals surface area contributed by atoms with E-state index in [0.29, 0.717) is 6.54 Å². The van der Waals surface area contributed by atoms with Crippen molar-refractivity contribution < 1.29 is 14.7 Å². The van der Waals surface area contributed by atoms with Gasteiger partial charge in [0.25, 0.3) is 0 Å². The van der Waals surface area contributed by atoms with E-state index in [-0.39, 0.29) is 17.5 Å².